The molecule has 220 valence electrons. The summed E-state index contributed by atoms with van der Waals surface area (Å²) in [7, 11) is 0. The van der Waals surface area contributed by atoms with E-state index in [2.05, 4.69) is 0 Å². The second kappa shape index (κ2) is 16.2. The van der Waals surface area contributed by atoms with E-state index in [0.717, 1.165) is 12.8 Å². The lowest BCUT2D eigenvalue weighted by Gasteiger charge is -2.32. The molecule has 0 aromatic heterocycles. The number of hydrogen-bond donors (Lipinski definition) is 2. The van der Waals surface area contributed by atoms with Crippen LogP contribution < -0.4 is 15.2 Å². The van der Waals surface area contributed by atoms with Gasteiger partial charge in [-0.2, -0.15) is 0 Å². The minimum atomic E-state index is -1.34. The molecule has 0 aliphatic heterocycles. The maximum absolute atomic E-state index is 12.8. The van der Waals surface area contributed by atoms with Crippen LogP contribution in [0.1, 0.15) is 99.0 Å². The molecule has 0 fully saturated rings. The van der Waals surface area contributed by atoms with Crippen LogP contribution in [0.3, 0.4) is 0 Å². The van der Waals surface area contributed by atoms with Crippen LogP contribution in [0.15, 0.2) is 18.2 Å². The fourth-order valence-electron chi connectivity index (χ4n) is 4.40. The Bertz CT molecular complexity index is 976. The predicted octanol–water partition coefficient (Wildman–Crippen LogP) is 5.48. The monoisotopic (exact) mass is 549 g/mol. The molecule has 9 heteroatoms. The second-order valence-electron chi connectivity index (χ2n) is 11.0. The third-order valence-electron chi connectivity index (χ3n) is 6.89. The molecule has 9 nitrogen and oxygen atoms in total. The maximum Gasteiger partial charge on any atom is 0.321 e. The van der Waals surface area contributed by atoms with Gasteiger partial charge in [0.1, 0.15) is 12.1 Å². The van der Waals surface area contributed by atoms with Crippen molar-refractivity contribution < 1.29 is 38.5 Å². The van der Waals surface area contributed by atoms with Gasteiger partial charge in [0.15, 0.2) is 11.5 Å². The number of benzene rings is 1. The fourth-order valence-corrected chi connectivity index (χ4v) is 4.40. The van der Waals surface area contributed by atoms with Crippen LogP contribution in [-0.2, 0) is 23.9 Å². The molecule has 5 unspecified atom stereocenters. The number of nitrogens with two attached hydrogens (primary N) is 1. The van der Waals surface area contributed by atoms with Crippen LogP contribution in [0.4, 0.5) is 0 Å². The van der Waals surface area contributed by atoms with Crippen LogP contribution in [0.2, 0.25) is 0 Å². The first kappa shape index (κ1) is 34.1. The van der Waals surface area contributed by atoms with E-state index in [1.165, 1.54) is 12.1 Å². The lowest BCUT2D eigenvalue weighted by molar-refractivity contribution is -0.152. The highest BCUT2D eigenvalue weighted by Gasteiger charge is 2.36. The second-order valence-corrected chi connectivity index (χ2v) is 11.0. The molecule has 0 aliphatic rings. The molecule has 0 amide bonds. The first-order valence-corrected chi connectivity index (χ1v) is 14.0. The molecular formula is C30H47NO8. The van der Waals surface area contributed by atoms with Gasteiger partial charge in [0.2, 0.25) is 0 Å². The van der Waals surface area contributed by atoms with Crippen molar-refractivity contribution in [1.82, 2.24) is 0 Å². The third-order valence-corrected chi connectivity index (χ3v) is 6.89. The molecule has 0 heterocycles. The highest BCUT2D eigenvalue weighted by Crippen LogP contribution is 2.38. The zero-order valence-corrected chi connectivity index (χ0v) is 24.7. The summed E-state index contributed by atoms with van der Waals surface area (Å²) in [6.45, 7) is 14.7. The predicted molar refractivity (Wildman–Crippen MR) is 148 cm³/mol. The molecule has 3 N–H and O–H groups in total. The minimum Gasteiger partial charge on any atom is -0.480 e. The van der Waals surface area contributed by atoms with Crippen LogP contribution in [0.5, 0.6) is 11.5 Å². The highest BCUT2D eigenvalue weighted by atomic mass is 16.6. The molecule has 0 aliphatic carbocycles. The number of carbonyl (C=O) groups excluding carboxylic acids is 3. The summed E-state index contributed by atoms with van der Waals surface area (Å²) in [6, 6.07) is 3.25. The fraction of sp³-hybridized carbons (Fsp3) is 0.667. The van der Waals surface area contributed by atoms with Gasteiger partial charge in [-0.3, -0.25) is 19.2 Å². The third kappa shape index (κ3) is 10.6. The van der Waals surface area contributed by atoms with Gasteiger partial charge in [0, 0.05) is 18.3 Å². The van der Waals surface area contributed by atoms with Crippen molar-refractivity contribution in [3.63, 3.8) is 0 Å². The number of carboxylic acids is 1. The summed E-state index contributed by atoms with van der Waals surface area (Å²) in [5.41, 5.74) is 6.60. The summed E-state index contributed by atoms with van der Waals surface area (Å²) in [5, 5.41) is 9.79. The number of carboxylic acid groups (broad SMARTS) is 1. The zero-order chi connectivity index (χ0) is 29.9. The molecule has 1 rings (SSSR count). The Balaban J connectivity index is 3.49. The quantitative estimate of drug-likeness (QED) is 0.202. The Kier molecular flexibility index (Phi) is 14.2. The average molecular weight is 550 g/mol. The lowest BCUT2D eigenvalue weighted by atomic mass is 9.79. The van der Waals surface area contributed by atoms with E-state index < -0.39 is 47.8 Å². The Morgan fingerprint density at radius 1 is 0.846 bits per heavy atom. The van der Waals surface area contributed by atoms with Crippen molar-refractivity contribution in [3.8, 4) is 11.5 Å². The van der Waals surface area contributed by atoms with Crippen molar-refractivity contribution in [2.75, 3.05) is 0 Å². The number of rotatable bonds is 16. The van der Waals surface area contributed by atoms with Crippen molar-refractivity contribution >= 4 is 23.9 Å². The lowest BCUT2D eigenvalue weighted by Crippen LogP contribution is -2.42. The molecule has 39 heavy (non-hydrogen) atoms. The van der Waals surface area contributed by atoms with E-state index in [0.29, 0.717) is 18.4 Å². The molecule has 1 aromatic carbocycles. The minimum absolute atomic E-state index is 0.0109. The number of esters is 3. The SMILES string of the molecule is CCCC(C)C(=O)Oc1ccc(C(C(C)C(C)OC(=O)CC(C)C)[C@H](N)C(=O)O)cc1OC(=O)C(C)CCC. The molecule has 1 aromatic rings. The molecule has 0 bridgehead atoms. The Labute approximate surface area is 232 Å². The number of aliphatic carboxylic acids is 1. The van der Waals surface area contributed by atoms with Crippen molar-refractivity contribution in [1.29, 1.82) is 0 Å². The van der Waals surface area contributed by atoms with Gasteiger partial charge < -0.3 is 25.1 Å². The van der Waals surface area contributed by atoms with E-state index in [1.54, 1.807) is 33.8 Å². The molecule has 0 radical (unpaired) electrons. The Hall–Kier alpha value is -2.94. The largest absolute Gasteiger partial charge is 0.480 e. The Morgan fingerprint density at radius 3 is 1.82 bits per heavy atom. The van der Waals surface area contributed by atoms with Crippen LogP contribution in [0, 0.1) is 23.7 Å². The zero-order valence-electron chi connectivity index (χ0n) is 24.7. The van der Waals surface area contributed by atoms with Gasteiger partial charge in [0.25, 0.3) is 0 Å². The molecule has 0 spiro atoms. The smallest absolute Gasteiger partial charge is 0.321 e. The van der Waals surface area contributed by atoms with Crippen molar-refractivity contribution in [2.45, 2.75) is 106 Å². The normalized spacial score (nSPS) is 15.9. The molecule has 0 saturated heterocycles. The number of ether oxygens (including phenoxy) is 3. The maximum atomic E-state index is 12.8. The summed E-state index contributed by atoms with van der Waals surface area (Å²) >= 11 is 0. The first-order valence-electron chi connectivity index (χ1n) is 14.0. The van der Waals surface area contributed by atoms with E-state index in [-0.39, 0.29) is 35.7 Å². The van der Waals surface area contributed by atoms with Gasteiger partial charge in [-0.25, -0.2) is 0 Å². The van der Waals surface area contributed by atoms with Crippen molar-refractivity contribution in [3.05, 3.63) is 23.8 Å². The van der Waals surface area contributed by atoms with E-state index >= 15 is 0 Å². The summed E-state index contributed by atoms with van der Waals surface area (Å²) in [5.74, 6) is -4.43. The average Bonchev–Trinajstić information content (AvgIpc) is 2.84. The molecular weight excluding hydrogens is 502 g/mol. The van der Waals surface area contributed by atoms with Gasteiger partial charge in [-0.15, -0.1) is 0 Å². The topological polar surface area (TPSA) is 142 Å². The van der Waals surface area contributed by atoms with E-state index in [9.17, 15) is 24.3 Å². The summed E-state index contributed by atoms with van der Waals surface area (Å²) in [6.07, 6.45) is 2.43. The number of hydrogen-bond acceptors (Lipinski definition) is 8. The number of carbonyl (C=O) groups is 4. The van der Waals surface area contributed by atoms with Gasteiger partial charge in [-0.1, -0.05) is 67.4 Å². The summed E-state index contributed by atoms with van der Waals surface area (Å²) < 4.78 is 16.9. The van der Waals surface area contributed by atoms with Gasteiger partial charge in [-0.05, 0) is 43.4 Å². The summed E-state index contributed by atoms with van der Waals surface area (Å²) in [4.78, 5) is 49.8. The van der Waals surface area contributed by atoms with Gasteiger partial charge in [0.05, 0.1) is 11.8 Å². The Morgan fingerprint density at radius 2 is 1.36 bits per heavy atom. The molecule has 0 saturated carbocycles. The standard InChI is InChI=1S/C30H47NO8/c1-9-11-18(5)29(35)38-23-14-13-22(16-24(23)39-30(36)19(6)12-10-2)26(27(31)28(33)34)20(7)21(8)37-25(32)15-17(3)4/h13-14,16-21,26-27H,9-12,15,31H2,1-8H3,(H,33,34)/t18?,19?,20?,21?,26?,27-/m0/s1. The van der Waals surface area contributed by atoms with E-state index in [1.807, 2.05) is 27.7 Å². The van der Waals surface area contributed by atoms with Gasteiger partial charge >= 0.3 is 23.9 Å². The van der Waals surface area contributed by atoms with E-state index in [4.69, 9.17) is 19.9 Å². The first-order chi connectivity index (χ1) is 18.2. The molecule has 6 atom stereocenters. The van der Waals surface area contributed by atoms with Crippen LogP contribution in [0.25, 0.3) is 0 Å². The van der Waals surface area contributed by atoms with Crippen LogP contribution >= 0.6 is 0 Å². The van der Waals surface area contributed by atoms with Crippen molar-refractivity contribution in [2.24, 2.45) is 29.4 Å². The van der Waals surface area contributed by atoms with Crippen LogP contribution in [-0.4, -0.2) is 41.1 Å². The highest BCUT2D eigenvalue weighted by molar-refractivity contribution is 5.79.